The summed E-state index contributed by atoms with van der Waals surface area (Å²) in [6.45, 7) is 31.6. The van der Waals surface area contributed by atoms with Crippen LogP contribution in [0, 0.1) is 13.8 Å². The average molecular weight is 1060 g/mol. The predicted octanol–water partition coefficient (Wildman–Crippen LogP) is 19.6. The van der Waals surface area contributed by atoms with Crippen LogP contribution in [0.25, 0.3) is 77.2 Å². The van der Waals surface area contributed by atoms with Crippen molar-refractivity contribution in [2.75, 3.05) is 13.2 Å². The van der Waals surface area contributed by atoms with Crippen molar-refractivity contribution >= 4 is 66.8 Å². The van der Waals surface area contributed by atoms with Gasteiger partial charge in [-0.15, -0.1) is 0 Å². The Labute approximate surface area is 464 Å². The van der Waals surface area contributed by atoms with Gasteiger partial charge in [0.2, 0.25) is 0 Å². The quantitative estimate of drug-likeness (QED) is 0.134. The summed E-state index contributed by atoms with van der Waals surface area (Å²) in [5.74, 6) is 1.44. The fourth-order valence-electron chi connectivity index (χ4n) is 10.8. The van der Waals surface area contributed by atoms with Gasteiger partial charge in [0.05, 0.1) is 46.7 Å². The van der Waals surface area contributed by atoms with Crippen LogP contribution < -0.4 is 9.47 Å². The molecular weight excluding hydrogens is 992 g/mol. The van der Waals surface area contributed by atoms with Crippen LogP contribution >= 0.6 is 23.2 Å². The Kier molecular flexibility index (Phi) is 13.6. The minimum Gasteiger partial charge on any atom is -0.505 e. The standard InChI is InChI=1S/C69H72Cl2N2O4/c1-40-30-54(64(74)60(32-40)72-56-22-16-42(66(3,4)5)34-48(56)49-35-43(67(6,7)8)17-23-57(49)72)52-38-46(70)20-26-62(52)76-28-15-29-77-63-27-21-47(71)39-53(63)55-31-41(2)33-61(65(55)75)73-58-24-18-44(68(9,10)11)36-50(58)51-37-45(69(12,13)14)19-25-59(51)73/h16-27,30-39,74-75H,15,28-29H2,1-14H3. The largest absolute Gasteiger partial charge is 0.505 e. The molecule has 8 heteroatoms. The maximum atomic E-state index is 12.5. The van der Waals surface area contributed by atoms with Crippen LogP contribution in [0.4, 0.5) is 0 Å². The zero-order valence-corrected chi connectivity index (χ0v) is 48.7. The van der Waals surface area contributed by atoms with Gasteiger partial charge in [0.25, 0.3) is 0 Å². The van der Waals surface area contributed by atoms with E-state index in [-0.39, 0.29) is 33.2 Å². The third kappa shape index (κ3) is 10.2. The highest BCUT2D eigenvalue weighted by Gasteiger charge is 2.27. The number of aryl methyl sites for hydroxylation is 2. The first kappa shape index (κ1) is 53.5. The summed E-state index contributed by atoms with van der Waals surface area (Å²) < 4.78 is 17.5. The first-order valence-corrected chi connectivity index (χ1v) is 27.6. The molecular formula is C69H72Cl2N2O4. The SMILES string of the molecule is Cc1cc(-c2cc(Cl)ccc2OCCCOc2ccc(Cl)cc2-c2cc(C)cc(-n3c4ccc(C(C)(C)C)cc4c4cc(C(C)(C)C)ccc43)c2O)c(O)c(-n2c3ccc(C(C)(C)C)cc3c3cc(C(C)(C)C)ccc32)c1. The van der Waals surface area contributed by atoms with Crippen LogP contribution in [0.3, 0.4) is 0 Å². The van der Waals surface area contributed by atoms with Gasteiger partial charge < -0.3 is 28.8 Å². The van der Waals surface area contributed by atoms with Crippen molar-refractivity contribution in [1.29, 1.82) is 0 Å². The zero-order valence-electron chi connectivity index (χ0n) is 47.2. The highest BCUT2D eigenvalue weighted by molar-refractivity contribution is 6.31. The Hall–Kier alpha value is -6.86. The van der Waals surface area contributed by atoms with Crippen LogP contribution in [0.5, 0.6) is 23.0 Å². The molecule has 0 saturated heterocycles. The van der Waals surface area contributed by atoms with E-state index in [1.165, 1.54) is 22.3 Å². The third-order valence-electron chi connectivity index (χ3n) is 15.2. The van der Waals surface area contributed by atoms with Crippen molar-refractivity contribution in [3.63, 3.8) is 0 Å². The summed E-state index contributed by atoms with van der Waals surface area (Å²) in [4.78, 5) is 0. The first-order chi connectivity index (χ1) is 36.2. The maximum absolute atomic E-state index is 12.5. The third-order valence-corrected chi connectivity index (χ3v) is 15.7. The molecule has 0 aliphatic carbocycles. The highest BCUT2D eigenvalue weighted by Crippen LogP contribution is 2.47. The Bertz CT molecular complexity index is 3560. The number of phenols is 2. The van der Waals surface area contributed by atoms with E-state index in [0.717, 1.165) is 54.7 Å². The summed E-state index contributed by atoms with van der Waals surface area (Å²) in [5, 5.41) is 30.7. The number of aromatic hydroxyl groups is 2. The fourth-order valence-corrected chi connectivity index (χ4v) is 11.1. The Morgan fingerprint density at radius 3 is 0.961 bits per heavy atom. The minimum absolute atomic E-state index is 0.0439. The van der Waals surface area contributed by atoms with Gasteiger partial charge >= 0.3 is 0 Å². The number of aromatic nitrogens is 2. The number of halogens is 2. The lowest BCUT2D eigenvalue weighted by Gasteiger charge is -2.20. The number of hydrogen-bond acceptors (Lipinski definition) is 4. The lowest BCUT2D eigenvalue weighted by atomic mass is 9.85. The smallest absolute Gasteiger partial charge is 0.147 e. The van der Waals surface area contributed by atoms with Crippen molar-refractivity contribution < 1.29 is 19.7 Å². The normalized spacial score (nSPS) is 12.7. The Morgan fingerprint density at radius 1 is 0.377 bits per heavy atom. The average Bonchev–Trinajstić information content (AvgIpc) is 3.95. The molecule has 8 aromatic carbocycles. The molecule has 0 atom stereocenters. The molecule has 2 N–H and O–H groups in total. The lowest BCUT2D eigenvalue weighted by Crippen LogP contribution is -2.10. The monoisotopic (exact) mass is 1060 g/mol. The molecule has 2 heterocycles. The second kappa shape index (κ2) is 19.6. The van der Waals surface area contributed by atoms with Gasteiger partial charge in [0.1, 0.15) is 23.0 Å². The van der Waals surface area contributed by atoms with Crippen LogP contribution in [-0.4, -0.2) is 32.6 Å². The topological polar surface area (TPSA) is 68.8 Å². The molecule has 0 unspecified atom stereocenters. The molecule has 0 aliphatic rings. The van der Waals surface area contributed by atoms with E-state index in [1.807, 2.05) is 60.7 Å². The van der Waals surface area contributed by atoms with Crippen LogP contribution in [0.15, 0.2) is 133 Å². The van der Waals surface area contributed by atoms with Gasteiger partial charge in [0.15, 0.2) is 0 Å². The van der Waals surface area contributed by atoms with E-state index in [1.54, 1.807) is 0 Å². The van der Waals surface area contributed by atoms with E-state index in [2.05, 4.69) is 179 Å². The molecule has 0 bridgehead atoms. The summed E-state index contributed by atoms with van der Waals surface area (Å²) in [6.07, 6.45) is 0.531. The summed E-state index contributed by atoms with van der Waals surface area (Å²) in [6, 6.07) is 46.0. The van der Waals surface area contributed by atoms with Gasteiger partial charge in [0, 0.05) is 60.3 Å². The molecule has 0 saturated carbocycles. The van der Waals surface area contributed by atoms with E-state index < -0.39 is 0 Å². The molecule has 0 radical (unpaired) electrons. The Balaban J connectivity index is 0.950. The first-order valence-electron chi connectivity index (χ1n) is 26.9. The number of hydrogen-bond donors (Lipinski definition) is 2. The summed E-state index contributed by atoms with van der Waals surface area (Å²) >= 11 is 13.5. The molecule has 10 aromatic rings. The van der Waals surface area contributed by atoms with Gasteiger partial charge in [-0.2, -0.15) is 0 Å². The molecule has 0 fully saturated rings. The number of benzene rings is 8. The van der Waals surface area contributed by atoms with Crippen molar-refractivity contribution in [2.24, 2.45) is 0 Å². The number of ether oxygens (including phenoxy) is 2. The summed E-state index contributed by atoms with van der Waals surface area (Å²) in [5.41, 5.74) is 14.8. The van der Waals surface area contributed by atoms with Crippen LogP contribution in [0.2, 0.25) is 10.0 Å². The molecule has 0 amide bonds. The molecule has 10 rings (SSSR count). The summed E-state index contributed by atoms with van der Waals surface area (Å²) in [7, 11) is 0. The van der Waals surface area contributed by atoms with Crippen molar-refractivity contribution in [2.45, 2.75) is 125 Å². The van der Waals surface area contributed by atoms with Gasteiger partial charge in [-0.1, -0.05) is 131 Å². The minimum atomic E-state index is -0.0439. The molecule has 396 valence electrons. The second-order valence-corrected chi connectivity index (χ2v) is 26.2. The van der Waals surface area contributed by atoms with E-state index >= 15 is 0 Å². The van der Waals surface area contributed by atoms with E-state index in [0.29, 0.717) is 74.8 Å². The maximum Gasteiger partial charge on any atom is 0.147 e. The molecule has 2 aromatic heterocycles. The highest BCUT2D eigenvalue weighted by atomic mass is 35.5. The molecule has 0 aliphatic heterocycles. The van der Waals surface area contributed by atoms with Gasteiger partial charge in [-0.25, -0.2) is 0 Å². The van der Waals surface area contributed by atoms with Crippen LogP contribution in [-0.2, 0) is 21.7 Å². The van der Waals surface area contributed by atoms with Crippen LogP contribution in [0.1, 0.15) is 123 Å². The number of nitrogens with zero attached hydrogens (tertiary/aromatic N) is 2. The van der Waals surface area contributed by atoms with Gasteiger partial charge in [-0.05, 0) is 178 Å². The molecule has 77 heavy (non-hydrogen) atoms. The second-order valence-electron chi connectivity index (χ2n) is 25.3. The molecule has 0 spiro atoms. The predicted molar refractivity (Wildman–Crippen MR) is 326 cm³/mol. The Morgan fingerprint density at radius 2 is 0.675 bits per heavy atom. The lowest BCUT2D eigenvalue weighted by molar-refractivity contribution is 0.248. The fraction of sp³-hybridized carbons (Fsp3) is 0.304. The van der Waals surface area contributed by atoms with Crippen molar-refractivity contribution in [3.8, 4) is 56.6 Å². The molecule has 6 nitrogen and oxygen atoms in total. The number of fused-ring (bicyclic) bond motifs is 6. The van der Waals surface area contributed by atoms with Crippen molar-refractivity contribution in [3.05, 3.63) is 177 Å². The number of phenolic OH excluding ortho intramolecular Hbond substituents is 2. The van der Waals surface area contributed by atoms with Crippen molar-refractivity contribution in [1.82, 2.24) is 9.13 Å². The van der Waals surface area contributed by atoms with Gasteiger partial charge in [-0.3, -0.25) is 0 Å². The zero-order chi connectivity index (χ0) is 55.3. The van der Waals surface area contributed by atoms with E-state index in [9.17, 15) is 10.2 Å². The number of rotatable bonds is 10. The van der Waals surface area contributed by atoms with E-state index in [4.69, 9.17) is 32.7 Å².